The van der Waals surface area contributed by atoms with E-state index in [2.05, 4.69) is 0 Å². The lowest BCUT2D eigenvalue weighted by molar-refractivity contribution is -0.404. The fourth-order valence-electron chi connectivity index (χ4n) is 9.76. The normalized spacial score (nSPS) is 54.8. The number of aliphatic hydroxyl groups excluding tert-OH is 17. The van der Waals surface area contributed by atoms with E-state index in [0.717, 1.165) is 0 Å². The molecule has 17 N–H and O–H groups in total. The summed E-state index contributed by atoms with van der Waals surface area (Å²) in [4.78, 5) is 0. The van der Waals surface area contributed by atoms with Crippen LogP contribution in [0.4, 0.5) is 0 Å². The van der Waals surface area contributed by atoms with Crippen LogP contribution < -0.4 is 0 Å². The zero-order chi connectivity index (χ0) is 51.2. The van der Waals surface area contributed by atoms with E-state index in [1.54, 1.807) is 0 Å². The molecule has 12 rings (SSSR count). The molecule has 31 atom stereocenters. The summed E-state index contributed by atoms with van der Waals surface area (Å²) in [6.07, 6.45) is -57.9. The Hall–Kier alpha value is -1.24. The van der Waals surface area contributed by atoms with E-state index in [9.17, 15) is 86.8 Å². The van der Waals surface area contributed by atoms with Crippen LogP contribution in [-0.4, -0.2) is 331 Å². The van der Waals surface area contributed by atoms with Gasteiger partial charge in [-0.15, -0.1) is 0 Å². The highest BCUT2D eigenvalue weighted by Gasteiger charge is 2.59. The Kier molecular flexibility index (Phi) is 18.9. The molecule has 12 heterocycles. The van der Waals surface area contributed by atoms with Crippen LogP contribution in [0, 0.1) is 5.92 Å². The molecular weight excluding hydrogens is 976 g/mol. The maximum atomic E-state index is 11.7. The zero-order valence-corrected chi connectivity index (χ0v) is 37.6. The lowest BCUT2D eigenvalue weighted by Crippen LogP contribution is -2.69. The van der Waals surface area contributed by atoms with Gasteiger partial charge >= 0.3 is 0 Å². The molecule has 3 unspecified atom stereocenters. The first-order valence-corrected chi connectivity index (χ1v) is 23.2. The molecule has 31 nitrogen and oxygen atoms in total. The Balaban J connectivity index is 1.19. The summed E-state index contributed by atoms with van der Waals surface area (Å²) < 4.78 is 82.0. The van der Waals surface area contributed by atoms with Crippen LogP contribution in [0.3, 0.4) is 0 Å². The van der Waals surface area contributed by atoms with Crippen molar-refractivity contribution in [2.24, 2.45) is 5.92 Å². The highest BCUT2D eigenvalue weighted by Crippen LogP contribution is 2.38. The maximum Gasteiger partial charge on any atom is 0.187 e. The summed E-state index contributed by atoms with van der Waals surface area (Å²) >= 11 is 0. The summed E-state index contributed by atoms with van der Waals surface area (Å²) in [5.74, 6) is -0.917. The average molecular weight is 1040 g/mol. The van der Waals surface area contributed by atoms with Crippen molar-refractivity contribution in [3.63, 3.8) is 0 Å². The minimum atomic E-state index is -2.15. The molecule has 12 aliphatic heterocycles. The van der Waals surface area contributed by atoms with E-state index in [4.69, 9.17) is 66.3 Å². The first-order chi connectivity index (χ1) is 33.9. The van der Waals surface area contributed by atoms with E-state index in [1.807, 2.05) is 0 Å². The molecule has 0 aliphatic carbocycles. The quantitative estimate of drug-likeness (QED) is 0.122. The predicted molar refractivity (Wildman–Crippen MR) is 214 cm³/mol. The Morgan fingerprint density at radius 2 is 0.465 bits per heavy atom. The molecule has 0 aromatic rings. The number of rotatable bonds is 5. The van der Waals surface area contributed by atoms with Crippen molar-refractivity contribution in [1.29, 1.82) is 0 Å². The van der Waals surface area contributed by atoms with E-state index in [0.29, 0.717) is 0 Å². The van der Waals surface area contributed by atoms with E-state index in [-0.39, 0.29) is 13.2 Å². The van der Waals surface area contributed by atoms with Crippen LogP contribution in [0.2, 0.25) is 0 Å². The first kappa shape index (κ1) is 56.0. The van der Waals surface area contributed by atoms with Crippen molar-refractivity contribution >= 4 is 0 Å². The van der Waals surface area contributed by atoms with Crippen LogP contribution in [0.25, 0.3) is 0 Å². The number of ether oxygens (including phenoxy) is 14. The van der Waals surface area contributed by atoms with Gasteiger partial charge in [-0.25, -0.2) is 0 Å². The Morgan fingerprint density at radius 1 is 0.239 bits per heavy atom. The molecule has 0 spiro atoms. The standard InChI is InChI=1S/C40H66O31/c41-1-10-6-58-8-15-33-21(50)27(56)39(64-15)69-32-14(5-45)61-36(24(53)18(32)47)67-30-12(3-43)63-38(26(55)20(30)49)71-34-16(9-59-7-10)65-40(28(57)22(34)51)68-31-13(4-44)60-35(23(52)17(31)46)66-29-11(2-42)62-37(70-33)25(54)19(29)48/h10-57H,1-9H2/t10?,11-,12-,13-,14-,15-,16-,17-,18?,19-,20?,21-,22-,23-,24-,25-,26-,27-,28-,29-,30-,31-,32-,33-,34-,35-,36-,37-,38-,39-,40-/m1/s1. The van der Waals surface area contributed by atoms with Gasteiger partial charge in [0.05, 0.1) is 59.5 Å². The number of aliphatic hydroxyl groups is 17. The van der Waals surface area contributed by atoms with Gasteiger partial charge in [-0.2, -0.15) is 0 Å². The maximum absolute atomic E-state index is 11.7. The lowest BCUT2D eigenvalue weighted by atomic mass is 9.94. The highest BCUT2D eigenvalue weighted by atomic mass is 16.8. The van der Waals surface area contributed by atoms with Crippen molar-refractivity contribution in [2.45, 2.75) is 184 Å². The largest absolute Gasteiger partial charge is 0.396 e. The Bertz CT molecular complexity index is 1540. The minimum Gasteiger partial charge on any atom is -0.396 e. The Morgan fingerprint density at radius 3 is 0.704 bits per heavy atom. The Labute approximate surface area is 402 Å². The van der Waals surface area contributed by atoms with Crippen LogP contribution in [0.5, 0.6) is 0 Å². The van der Waals surface area contributed by atoms with Gasteiger partial charge in [-0.1, -0.05) is 0 Å². The van der Waals surface area contributed by atoms with Crippen LogP contribution in [0.15, 0.2) is 0 Å². The molecule has 0 saturated carbocycles. The van der Waals surface area contributed by atoms with Crippen molar-refractivity contribution in [3.05, 3.63) is 0 Å². The molecule has 0 aromatic carbocycles. The summed E-state index contributed by atoms with van der Waals surface area (Å²) in [5.41, 5.74) is 0. The van der Waals surface area contributed by atoms with E-state index in [1.165, 1.54) is 0 Å². The summed E-state index contributed by atoms with van der Waals surface area (Å²) in [5, 5.41) is 189. The summed E-state index contributed by atoms with van der Waals surface area (Å²) in [6.45, 7) is -6.50. The monoisotopic (exact) mass is 1040 g/mol. The second-order valence-electron chi connectivity index (χ2n) is 18.6. The third kappa shape index (κ3) is 11.3. The molecule has 12 aliphatic rings. The minimum absolute atomic E-state index is 0.372. The molecule has 0 amide bonds. The van der Waals surface area contributed by atoms with E-state index >= 15 is 0 Å². The molecule has 412 valence electrons. The summed E-state index contributed by atoms with van der Waals surface area (Å²) in [6, 6.07) is 0. The molecule has 31 heteroatoms. The molecule has 0 aromatic heterocycles. The molecule has 12 bridgehead atoms. The van der Waals surface area contributed by atoms with Gasteiger partial charge < -0.3 is 153 Å². The predicted octanol–water partition coefficient (Wildman–Crippen LogP) is -12.4. The topological polar surface area (TPSA) is 473 Å². The fourth-order valence-corrected chi connectivity index (χ4v) is 9.76. The molecular formula is C40H66O31. The van der Waals surface area contributed by atoms with Crippen molar-refractivity contribution in [2.75, 3.05) is 59.5 Å². The average Bonchev–Trinajstić information content (AvgIpc) is 3.36. The molecule has 12 saturated heterocycles. The fraction of sp³-hybridized carbons (Fsp3) is 1.00. The highest BCUT2D eigenvalue weighted by molar-refractivity contribution is 5.01. The van der Waals surface area contributed by atoms with Crippen LogP contribution in [-0.2, 0) is 66.3 Å². The third-order valence-corrected chi connectivity index (χ3v) is 13.8. The lowest BCUT2D eigenvalue weighted by Gasteiger charge is -2.50. The SMILES string of the molecule is OCC1COC[C@H]2O[C@@H]3O[C@H]4C(O)[C@@H](O)[C@H](O[C@@H]4CO)O[C@H]4C(O)[C@@H](O)[C@@H](O[C@H]5[C@H](O)[C@@H](O)[C@@H](O[C@H]6[C@H](O)[C@@H](O)[C@@H](O[C@H]7[C@H](O)[C@@H](O)[C@@H](O[C@H]2[C@H](O)[C@H]3O)O[C@@H]7CO)O[C@@H]6CO)O[C@@H]5COC1)O[C@@H]4CO. The van der Waals surface area contributed by atoms with Gasteiger partial charge in [0, 0.05) is 5.92 Å². The van der Waals surface area contributed by atoms with Crippen molar-refractivity contribution < 1.29 is 153 Å². The van der Waals surface area contributed by atoms with Crippen molar-refractivity contribution in [1.82, 2.24) is 0 Å². The van der Waals surface area contributed by atoms with Gasteiger partial charge in [0.25, 0.3) is 0 Å². The second kappa shape index (κ2) is 24.0. The first-order valence-electron chi connectivity index (χ1n) is 23.2. The number of fused-ring (bicyclic) bond motifs is 4. The van der Waals surface area contributed by atoms with Gasteiger partial charge in [-0.3, -0.25) is 0 Å². The molecule has 71 heavy (non-hydrogen) atoms. The number of hydrogen-bond acceptors (Lipinski definition) is 31. The van der Waals surface area contributed by atoms with Crippen LogP contribution >= 0.6 is 0 Å². The van der Waals surface area contributed by atoms with Gasteiger partial charge in [-0.05, 0) is 0 Å². The smallest absolute Gasteiger partial charge is 0.187 e. The van der Waals surface area contributed by atoms with Gasteiger partial charge in [0.2, 0.25) is 0 Å². The second-order valence-corrected chi connectivity index (χ2v) is 18.6. The summed E-state index contributed by atoms with van der Waals surface area (Å²) in [7, 11) is 0. The van der Waals surface area contributed by atoms with Crippen LogP contribution in [0.1, 0.15) is 0 Å². The third-order valence-electron chi connectivity index (χ3n) is 13.8. The van der Waals surface area contributed by atoms with Crippen molar-refractivity contribution in [3.8, 4) is 0 Å². The van der Waals surface area contributed by atoms with E-state index < -0.39 is 236 Å². The molecule has 0 radical (unpaired) electrons. The zero-order valence-electron chi connectivity index (χ0n) is 37.6. The van der Waals surface area contributed by atoms with Gasteiger partial charge in [0.15, 0.2) is 37.7 Å². The molecule has 12 fully saturated rings. The van der Waals surface area contributed by atoms with Gasteiger partial charge in [0.1, 0.15) is 146 Å². The number of hydrogen-bond donors (Lipinski definition) is 17.